The Kier molecular flexibility index (Phi) is 4.83. The van der Waals surface area contributed by atoms with Gasteiger partial charge in [-0.15, -0.1) is 0 Å². The third-order valence-corrected chi connectivity index (χ3v) is 3.87. The van der Waals surface area contributed by atoms with E-state index in [9.17, 15) is 0 Å². The fraction of sp³-hybridized carbons (Fsp3) is 0.533. The lowest BCUT2D eigenvalue weighted by Gasteiger charge is -2.26. The van der Waals surface area contributed by atoms with Crippen LogP contribution < -0.4 is 4.74 Å². The van der Waals surface area contributed by atoms with E-state index in [1.165, 1.54) is 5.56 Å². The van der Waals surface area contributed by atoms with Crippen LogP contribution in [0.2, 0.25) is 5.02 Å². The van der Waals surface area contributed by atoms with Gasteiger partial charge in [0, 0.05) is 19.2 Å². The molecule has 1 aliphatic heterocycles. The Labute approximate surface area is 119 Å². The van der Waals surface area contributed by atoms with Crippen LogP contribution in [-0.4, -0.2) is 32.6 Å². The van der Waals surface area contributed by atoms with E-state index in [0.29, 0.717) is 30.2 Å². The van der Waals surface area contributed by atoms with Crippen molar-refractivity contribution in [2.45, 2.75) is 32.2 Å². The van der Waals surface area contributed by atoms with E-state index in [0.717, 1.165) is 17.7 Å². The van der Waals surface area contributed by atoms with E-state index < -0.39 is 0 Å². The van der Waals surface area contributed by atoms with Crippen LogP contribution in [0, 0.1) is 0 Å². The third kappa shape index (κ3) is 3.10. The first-order valence-corrected chi connectivity index (χ1v) is 7.03. The van der Waals surface area contributed by atoms with Crippen molar-refractivity contribution >= 4 is 17.8 Å². The van der Waals surface area contributed by atoms with Gasteiger partial charge in [-0.3, -0.25) is 4.99 Å². The van der Waals surface area contributed by atoms with Gasteiger partial charge in [-0.2, -0.15) is 0 Å². The first-order valence-electron chi connectivity index (χ1n) is 6.65. The molecular weight excluding hydrogens is 262 g/mol. The summed E-state index contributed by atoms with van der Waals surface area (Å²) in [5.74, 6) is 1.13. The highest BCUT2D eigenvalue weighted by molar-refractivity contribution is 6.32. The lowest BCUT2D eigenvalue weighted by Crippen LogP contribution is -2.19. The van der Waals surface area contributed by atoms with Crippen molar-refractivity contribution in [2.75, 3.05) is 20.3 Å². The summed E-state index contributed by atoms with van der Waals surface area (Å²) in [4.78, 5) is 4.57. The highest BCUT2D eigenvalue weighted by atomic mass is 35.5. The molecule has 0 radical (unpaired) electrons. The number of halogens is 1. The van der Waals surface area contributed by atoms with Gasteiger partial charge in [-0.05, 0) is 29.7 Å². The van der Waals surface area contributed by atoms with E-state index in [4.69, 9.17) is 21.1 Å². The summed E-state index contributed by atoms with van der Waals surface area (Å²) >= 11 is 6.23. The zero-order chi connectivity index (χ0) is 13.8. The van der Waals surface area contributed by atoms with Crippen molar-refractivity contribution in [2.24, 2.45) is 4.99 Å². The number of hydrogen-bond acceptors (Lipinski definition) is 3. The van der Waals surface area contributed by atoms with Crippen LogP contribution in [-0.2, 0) is 4.74 Å². The molecule has 4 heteroatoms. The van der Waals surface area contributed by atoms with Gasteiger partial charge in [0.15, 0.2) is 0 Å². The predicted molar refractivity (Wildman–Crippen MR) is 78.9 cm³/mol. The summed E-state index contributed by atoms with van der Waals surface area (Å²) in [6.45, 7) is 5.43. The predicted octanol–water partition coefficient (Wildman–Crippen LogP) is 3.68. The Morgan fingerprint density at radius 3 is 2.79 bits per heavy atom. The summed E-state index contributed by atoms with van der Waals surface area (Å²) in [7, 11) is 1.65. The van der Waals surface area contributed by atoms with Crippen LogP contribution in [0.3, 0.4) is 0 Å². The van der Waals surface area contributed by atoms with Gasteiger partial charge in [0.1, 0.15) is 12.4 Å². The molecule has 2 rings (SSSR count). The number of methoxy groups -OCH3 is 1. The van der Waals surface area contributed by atoms with Crippen LogP contribution in [0.5, 0.6) is 5.75 Å². The van der Waals surface area contributed by atoms with Crippen molar-refractivity contribution in [3.63, 3.8) is 0 Å². The average molecular weight is 282 g/mol. The Morgan fingerprint density at radius 1 is 1.32 bits per heavy atom. The molecule has 1 heterocycles. The molecule has 1 aliphatic rings. The lowest BCUT2D eigenvalue weighted by molar-refractivity contribution is 0.146. The van der Waals surface area contributed by atoms with Crippen LogP contribution in [0.25, 0.3) is 0 Å². The fourth-order valence-corrected chi connectivity index (χ4v) is 2.63. The summed E-state index contributed by atoms with van der Waals surface area (Å²) in [5, 5.41) is 0.628. The van der Waals surface area contributed by atoms with Crippen molar-refractivity contribution in [3.8, 4) is 5.75 Å². The summed E-state index contributed by atoms with van der Waals surface area (Å²) in [6, 6.07) is 4.33. The van der Waals surface area contributed by atoms with Crippen LogP contribution in [0.4, 0.5) is 0 Å². The molecule has 0 bridgehead atoms. The van der Waals surface area contributed by atoms with Crippen LogP contribution in [0.15, 0.2) is 17.1 Å². The molecule has 19 heavy (non-hydrogen) atoms. The molecule has 104 valence electrons. The molecule has 1 aromatic rings. The maximum Gasteiger partial charge on any atom is 0.138 e. The molecule has 3 nitrogen and oxygen atoms in total. The molecule has 0 saturated carbocycles. The average Bonchev–Trinajstić information content (AvgIpc) is 2.41. The quantitative estimate of drug-likeness (QED) is 0.771. The van der Waals surface area contributed by atoms with Crippen molar-refractivity contribution in [3.05, 3.63) is 28.3 Å². The molecule has 0 saturated heterocycles. The highest BCUT2D eigenvalue weighted by Gasteiger charge is 2.23. The Balaban J connectivity index is 2.26. The molecule has 0 fully saturated rings. The van der Waals surface area contributed by atoms with Gasteiger partial charge >= 0.3 is 0 Å². The normalized spacial score (nSPS) is 21.3. The number of rotatable bonds is 5. The molecular formula is C15H20ClNO2. The number of fused-ring (bicyclic) bond motifs is 1. The molecule has 0 spiro atoms. The number of nitrogens with zero attached hydrogens (tertiary/aromatic N) is 1. The van der Waals surface area contributed by atoms with Gasteiger partial charge < -0.3 is 9.47 Å². The van der Waals surface area contributed by atoms with Crippen molar-refractivity contribution in [1.82, 2.24) is 0 Å². The molecule has 0 unspecified atom stereocenters. The van der Waals surface area contributed by atoms with Crippen molar-refractivity contribution in [1.29, 1.82) is 0 Å². The summed E-state index contributed by atoms with van der Waals surface area (Å²) in [6.07, 6.45) is 2.97. The highest BCUT2D eigenvalue weighted by Crippen LogP contribution is 2.36. The SMILES string of the molecule is CC[C@H]1N=Cc2cc(Cl)c(OCCOC)cc2[C@H]1C. The van der Waals surface area contributed by atoms with Crippen molar-refractivity contribution < 1.29 is 9.47 Å². The number of hydrogen-bond donors (Lipinski definition) is 0. The third-order valence-electron chi connectivity index (χ3n) is 3.57. The Bertz CT molecular complexity index is 473. The number of ether oxygens (including phenoxy) is 2. The first kappa shape index (κ1) is 14.4. The number of benzene rings is 1. The van der Waals surface area contributed by atoms with Crippen LogP contribution in [0.1, 0.15) is 37.3 Å². The van der Waals surface area contributed by atoms with Gasteiger partial charge in [-0.25, -0.2) is 0 Å². The smallest absolute Gasteiger partial charge is 0.138 e. The maximum absolute atomic E-state index is 6.23. The van der Waals surface area contributed by atoms with Gasteiger partial charge in [0.2, 0.25) is 0 Å². The van der Waals surface area contributed by atoms with Gasteiger partial charge in [0.25, 0.3) is 0 Å². The summed E-state index contributed by atoms with van der Waals surface area (Å²) < 4.78 is 10.6. The van der Waals surface area contributed by atoms with E-state index in [-0.39, 0.29) is 0 Å². The zero-order valence-electron chi connectivity index (χ0n) is 11.6. The monoisotopic (exact) mass is 281 g/mol. The molecule has 0 aliphatic carbocycles. The largest absolute Gasteiger partial charge is 0.490 e. The van der Waals surface area contributed by atoms with E-state index in [2.05, 4.69) is 18.8 Å². The topological polar surface area (TPSA) is 30.8 Å². The molecule has 2 atom stereocenters. The second-order valence-electron chi connectivity index (χ2n) is 4.80. The van der Waals surface area contributed by atoms with E-state index >= 15 is 0 Å². The first-order chi connectivity index (χ1) is 9.17. The Hall–Kier alpha value is -1.06. The second-order valence-corrected chi connectivity index (χ2v) is 5.20. The zero-order valence-corrected chi connectivity index (χ0v) is 12.4. The van der Waals surface area contributed by atoms with E-state index in [1.807, 2.05) is 18.3 Å². The minimum absolute atomic E-state index is 0.348. The maximum atomic E-state index is 6.23. The Morgan fingerprint density at radius 2 is 2.11 bits per heavy atom. The number of aliphatic imine (C=N–C) groups is 1. The fourth-order valence-electron chi connectivity index (χ4n) is 2.41. The van der Waals surface area contributed by atoms with E-state index in [1.54, 1.807) is 7.11 Å². The van der Waals surface area contributed by atoms with Gasteiger partial charge in [0.05, 0.1) is 17.7 Å². The van der Waals surface area contributed by atoms with Crippen LogP contribution >= 0.6 is 11.6 Å². The minimum Gasteiger partial charge on any atom is -0.490 e. The molecule has 0 N–H and O–H groups in total. The lowest BCUT2D eigenvalue weighted by atomic mass is 9.86. The summed E-state index contributed by atoms with van der Waals surface area (Å²) in [5.41, 5.74) is 2.36. The standard InChI is InChI=1S/C15H20ClNO2/c1-4-14-10(2)12-8-15(19-6-5-18-3)13(16)7-11(12)9-17-14/h7-10,14H,4-6H2,1-3H3/t10-,14-/m1/s1. The molecule has 0 amide bonds. The minimum atomic E-state index is 0.348. The molecule has 0 aromatic heterocycles. The molecule has 1 aromatic carbocycles. The van der Waals surface area contributed by atoms with Gasteiger partial charge in [-0.1, -0.05) is 25.4 Å². The second kappa shape index (κ2) is 6.40.